The number of aromatic nitrogens is 2. The first kappa shape index (κ1) is 17.2. The predicted molar refractivity (Wildman–Crippen MR) is 96.6 cm³/mol. The fourth-order valence-electron chi connectivity index (χ4n) is 3.48. The van der Waals surface area contributed by atoms with Crippen molar-refractivity contribution in [3.8, 4) is 0 Å². The van der Waals surface area contributed by atoms with Crippen molar-refractivity contribution in [3.05, 3.63) is 52.0 Å². The summed E-state index contributed by atoms with van der Waals surface area (Å²) in [7, 11) is 0. The molecule has 0 radical (unpaired) electrons. The Labute approximate surface area is 151 Å². The highest BCUT2D eigenvalue weighted by Crippen LogP contribution is 2.45. The Morgan fingerprint density at radius 2 is 2.00 bits per heavy atom. The van der Waals surface area contributed by atoms with Gasteiger partial charge in [0, 0.05) is 12.4 Å². The van der Waals surface area contributed by atoms with Crippen LogP contribution in [0.4, 0.5) is 5.69 Å². The number of carbonyl (C=O) groups excluding carboxylic acids is 1. The number of benzene rings is 1. The van der Waals surface area contributed by atoms with Crippen LogP contribution in [0.2, 0.25) is 10.0 Å². The molecule has 4 nitrogen and oxygen atoms in total. The molecule has 0 saturated heterocycles. The van der Waals surface area contributed by atoms with Crippen molar-refractivity contribution >= 4 is 34.8 Å². The van der Waals surface area contributed by atoms with Gasteiger partial charge in [-0.05, 0) is 43.4 Å². The van der Waals surface area contributed by atoms with Gasteiger partial charge < -0.3 is 5.32 Å². The minimum absolute atomic E-state index is 0.141. The van der Waals surface area contributed by atoms with E-state index in [2.05, 4.69) is 22.2 Å². The highest BCUT2D eigenvalue weighted by molar-refractivity contribution is 6.40. The lowest BCUT2D eigenvalue weighted by Gasteiger charge is -2.31. The number of amides is 1. The van der Waals surface area contributed by atoms with Crippen LogP contribution in [0.1, 0.15) is 37.6 Å². The van der Waals surface area contributed by atoms with Crippen molar-refractivity contribution in [2.24, 2.45) is 5.92 Å². The average Bonchev–Trinajstić information content (AvgIpc) is 2.98. The molecule has 2 aromatic rings. The van der Waals surface area contributed by atoms with E-state index >= 15 is 0 Å². The van der Waals surface area contributed by atoms with Gasteiger partial charge in [-0.2, -0.15) is 0 Å². The van der Waals surface area contributed by atoms with E-state index < -0.39 is 5.41 Å². The number of aryl methyl sites for hydroxylation is 1. The summed E-state index contributed by atoms with van der Waals surface area (Å²) in [5.41, 5.74) is 0.566. The Bertz CT molecular complexity index is 766. The van der Waals surface area contributed by atoms with Crippen molar-refractivity contribution in [1.82, 2.24) is 9.97 Å². The maximum absolute atomic E-state index is 13.3. The summed E-state index contributed by atoms with van der Waals surface area (Å²) in [5.74, 6) is 0.558. The Morgan fingerprint density at radius 3 is 2.62 bits per heavy atom. The van der Waals surface area contributed by atoms with E-state index in [0.29, 0.717) is 28.0 Å². The van der Waals surface area contributed by atoms with Gasteiger partial charge in [-0.3, -0.25) is 4.79 Å². The van der Waals surface area contributed by atoms with Gasteiger partial charge in [0.05, 0.1) is 15.7 Å². The first-order valence-electron chi connectivity index (χ1n) is 8.00. The molecule has 0 bridgehead atoms. The van der Waals surface area contributed by atoms with Crippen LogP contribution >= 0.6 is 23.2 Å². The molecular weight excluding hydrogens is 345 g/mol. The summed E-state index contributed by atoms with van der Waals surface area (Å²) in [6, 6.07) is 5.32. The molecule has 1 amide bonds. The molecule has 1 aromatic carbocycles. The lowest BCUT2D eigenvalue weighted by molar-refractivity contribution is -0.123. The maximum Gasteiger partial charge on any atom is 0.238 e. The van der Waals surface area contributed by atoms with E-state index in [1.807, 2.05) is 13.0 Å². The first-order chi connectivity index (χ1) is 11.5. The average molecular weight is 364 g/mol. The van der Waals surface area contributed by atoms with E-state index in [9.17, 15) is 4.79 Å². The third-order valence-electron chi connectivity index (χ3n) is 4.94. The van der Waals surface area contributed by atoms with Crippen LogP contribution in [0, 0.1) is 12.8 Å². The van der Waals surface area contributed by atoms with Crippen LogP contribution < -0.4 is 5.32 Å². The smallest absolute Gasteiger partial charge is 0.238 e. The van der Waals surface area contributed by atoms with E-state index in [4.69, 9.17) is 23.2 Å². The van der Waals surface area contributed by atoms with E-state index in [1.165, 1.54) is 0 Å². The number of halogens is 2. The van der Waals surface area contributed by atoms with Gasteiger partial charge in [-0.1, -0.05) is 42.6 Å². The van der Waals surface area contributed by atoms with Crippen molar-refractivity contribution in [1.29, 1.82) is 0 Å². The number of rotatable bonds is 3. The van der Waals surface area contributed by atoms with Gasteiger partial charge in [-0.15, -0.1) is 0 Å². The van der Waals surface area contributed by atoms with Crippen molar-refractivity contribution in [2.75, 3.05) is 5.32 Å². The molecule has 6 heteroatoms. The van der Waals surface area contributed by atoms with Gasteiger partial charge in [0.2, 0.25) is 5.91 Å². The summed E-state index contributed by atoms with van der Waals surface area (Å²) in [4.78, 5) is 22.0. The van der Waals surface area contributed by atoms with E-state index in [1.54, 1.807) is 24.5 Å². The fourth-order valence-corrected chi connectivity index (χ4v) is 3.94. The van der Waals surface area contributed by atoms with Crippen molar-refractivity contribution in [3.63, 3.8) is 0 Å². The lowest BCUT2D eigenvalue weighted by atomic mass is 9.76. The minimum Gasteiger partial charge on any atom is -0.323 e. The molecule has 2 unspecified atom stereocenters. The van der Waals surface area contributed by atoms with Gasteiger partial charge >= 0.3 is 0 Å². The number of anilines is 1. The van der Waals surface area contributed by atoms with Gasteiger partial charge in [0.15, 0.2) is 0 Å². The first-order valence-corrected chi connectivity index (χ1v) is 8.76. The Morgan fingerprint density at radius 1 is 1.29 bits per heavy atom. The molecular formula is C18H19Cl2N3O. The van der Waals surface area contributed by atoms with E-state index in [0.717, 1.165) is 18.4 Å². The third kappa shape index (κ3) is 2.78. The Kier molecular flexibility index (Phi) is 4.79. The Balaban J connectivity index is 2.02. The van der Waals surface area contributed by atoms with E-state index in [-0.39, 0.29) is 11.8 Å². The molecule has 1 fully saturated rings. The number of nitrogens with zero attached hydrogens (tertiary/aromatic N) is 2. The summed E-state index contributed by atoms with van der Waals surface area (Å²) in [5, 5.41) is 3.84. The van der Waals surface area contributed by atoms with Crippen molar-refractivity contribution in [2.45, 2.75) is 38.5 Å². The molecule has 0 aliphatic heterocycles. The highest BCUT2D eigenvalue weighted by atomic mass is 35.5. The molecule has 1 aliphatic carbocycles. The van der Waals surface area contributed by atoms with Gasteiger partial charge in [0.1, 0.15) is 11.2 Å². The maximum atomic E-state index is 13.3. The second-order valence-corrected chi connectivity index (χ2v) is 7.13. The standard InChI is InChI=1S/C18H19Cl2N3O/c1-11-6-7-13(19)15(14(11)20)23-17(24)18(8-3-5-12(18)2)16-21-9-4-10-22-16/h4,6-7,9-10,12H,3,5,8H2,1-2H3,(H,23,24). The molecule has 1 saturated carbocycles. The summed E-state index contributed by atoms with van der Waals surface area (Å²) < 4.78 is 0. The molecule has 24 heavy (non-hydrogen) atoms. The molecule has 3 rings (SSSR count). The van der Waals surface area contributed by atoms with Crippen LogP contribution in [0.15, 0.2) is 30.6 Å². The molecule has 2 atom stereocenters. The molecule has 1 N–H and O–H groups in total. The SMILES string of the molecule is Cc1ccc(Cl)c(NC(=O)C2(c3ncccn3)CCCC2C)c1Cl. The van der Waals surface area contributed by atoms with Gasteiger partial charge in [0.25, 0.3) is 0 Å². The minimum atomic E-state index is -0.752. The Hall–Kier alpha value is -1.65. The zero-order valence-electron chi connectivity index (χ0n) is 13.6. The molecule has 1 aliphatic rings. The largest absolute Gasteiger partial charge is 0.323 e. The summed E-state index contributed by atoms with van der Waals surface area (Å²) >= 11 is 12.6. The van der Waals surface area contributed by atoms with Crippen LogP contribution in [0.5, 0.6) is 0 Å². The monoisotopic (exact) mass is 363 g/mol. The normalized spacial score (nSPS) is 23.2. The van der Waals surface area contributed by atoms with Crippen LogP contribution in [-0.4, -0.2) is 15.9 Å². The molecule has 1 aromatic heterocycles. The number of hydrogen-bond acceptors (Lipinski definition) is 3. The molecule has 1 heterocycles. The second-order valence-electron chi connectivity index (χ2n) is 6.34. The zero-order chi connectivity index (χ0) is 17.3. The van der Waals surface area contributed by atoms with Crippen molar-refractivity contribution < 1.29 is 4.79 Å². The summed E-state index contributed by atoms with van der Waals surface area (Å²) in [6.45, 7) is 3.95. The second kappa shape index (κ2) is 6.69. The lowest BCUT2D eigenvalue weighted by Crippen LogP contribution is -2.44. The van der Waals surface area contributed by atoms with Crippen LogP contribution in [0.25, 0.3) is 0 Å². The zero-order valence-corrected chi connectivity index (χ0v) is 15.2. The molecule has 126 valence electrons. The summed E-state index contributed by atoms with van der Waals surface area (Å²) in [6.07, 6.45) is 5.98. The van der Waals surface area contributed by atoms with Crippen LogP contribution in [0.3, 0.4) is 0 Å². The number of carbonyl (C=O) groups is 1. The molecule has 0 spiro atoms. The fraction of sp³-hybridized carbons (Fsp3) is 0.389. The topological polar surface area (TPSA) is 54.9 Å². The highest BCUT2D eigenvalue weighted by Gasteiger charge is 2.50. The number of nitrogens with one attached hydrogen (secondary N) is 1. The number of hydrogen-bond donors (Lipinski definition) is 1. The van der Waals surface area contributed by atoms with Crippen LogP contribution in [-0.2, 0) is 10.2 Å². The van der Waals surface area contributed by atoms with Gasteiger partial charge in [-0.25, -0.2) is 9.97 Å². The quantitative estimate of drug-likeness (QED) is 0.852. The third-order valence-corrected chi connectivity index (χ3v) is 5.74. The predicted octanol–water partition coefficient (Wildman–Crippen LogP) is 4.79.